The molecule has 4 unspecified atom stereocenters. The van der Waals surface area contributed by atoms with Crippen molar-refractivity contribution < 1.29 is 14.7 Å². The smallest absolute Gasteiger partial charge is 0.326 e. The summed E-state index contributed by atoms with van der Waals surface area (Å²) in [4.78, 5) is 22.4. The van der Waals surface area contributed by atoms with Gasteiger partial charge in [-0.05, 0) is 18.3 Å². The highest BCUT2D eigenvalue weighted by molar-refractivity contribution is 5.83. The van der Waals surface area contributed by atoms with E-state index in [2.05, 4.69) is 10.6 Å². The van der Waals surface area contributed by atoms with E-state index in [1.165, 1.54) is 0 Å². The number of carboxylic acids is 1. The predicted molar refractivity (Wildman–Crippen MR) is 60.1 cm³/mol. The van der Waals surface area contributed by atoms with E-state index in [0.717, 1.165) is 12.8 Å². The number of hydrogen-bond donors (Lipinski definition) is 3. The Labute approximate surface area is 95.6 Å². The normalized spacial score (nSPS) is 26.7. The molecule has 16 heavy (non-hydrogen) atoms. The molecular weight excluding hydrogens is 208 g/mol. The maximum absolute atomic E-state index is 11.5. The predicted octanol–water partition coefficient (Wildman–Crippen LogP) is 1.19. The highest BCUT2D eigenvalue weighted by Gasteiger charge is 2.35. The van der Waals surface area contributed by atoms with Gasteiger partial charge in [-0.25, -0.2) is 9.59 Å². The quantitative estimate of drug-likeness (QED) is 0.661. The number of hydrogen-bond acceptors (Lipinski definition) is 2. The van der Waals surface area contributed by atoms with Crippen LogP contribution in [0.4, 0.5) is 4.79 Å². The first-order valence-corrected chi connectivity index (χ1v) is 5.75. The molecule has 0 aromatic heterocycles. The lowest BCUT2D eigenvalue weighted by molar-refractivity contribution is -0.140. The fourth-order valence-corrected chi connectivity index (χ4v) is 1.56. The summed E-state index contributed by atoms with van der Waals surface area (Å²) in [6.45, 7) is 5.77. The van der Waals surface area contributed by atoms with Crippen LogP contribution in [0.25, 0.3) is 0 Å². The zero-order valence-electron chi connectivity index (χ0n) is 9.99. The van der Waals surface area contributed by atoms with Gasteiger partial charge in [0.25, 0.3) is 0 Å². The third kappa shape index (κ3) is 3.40. The summed E-state index contributed by atoms with van der Waals surface area (Å²) in [6.07, 6.45) is 1.70. The minimum Gasteiger partial charge on any atom is -0.480 e. The van der Waals surface area contributed by atoms with Gasteiger partial charge >= 0.3 is 12.0 Å². The SMILES string of the molecule is CCC(C)C(NC(=O)NC1CC1C)C(=O)O. The minimum absolute atomic E-state index is 0.0696. The average Bonchev–Trinajstić information content (AvgIpc) is 2.89. The lowest BCUT2D eigenvalue weighted by atomic mass is 9.99. The summed E-state index contributed by atoms with van der Waals surface area (Å²) < 4.78 is 0. The van der Waals surface area contributed by atoms with Gasteiger partial charge < -0.3 is 15.7 Å². The molecule has 1 fully saturated rings. The molecule has 3 N–H and O–H groups in total. The molecule has 0 radical (unpaired) electrons. The van der Waals surface area contributed by atoms with Gasteiger partial charge in [0.1, 0.15) is 6.04 Å². The first-order chi connectivity index (χ1) is 7.45. The molecule has 2 amide bonds. The Morgan fingerprint density at radius 1 is 1.50 bits per heavy atom. The molecule has 0 heterocycles. The van der Waals surface area contributed by atoms with Crippen molar-refractivity contribution >= 4 is 12.0 Å². The minimum atomic E-state index is -0.978. The van der Waals surface area contributed by atoms with E-state index in [9.17, 15) is 9.59 Å². The number of carbonyl (C=O) groups excluding carboxylic acids is 1. The Bertz CT molecular complexity index is 280. The molecule has 0 bridgehead atoms. The maximum Gasteiger partial charge on any atom is 0.326 e. The van der Waals surface area contributed by atoms with Crippen molar-refractivity contribution in [3.63, 3.8) is 0 Å². The first kappa shape index (κ1) is 12.8. The molecule has 0 saturated heterocycles. The van der Waals surface area contributed by atoms with Crippen molar-refractivity contribution in [1.29, 1.82) is 0 Å². The molecule has 1 aliphatic carbocycles. The zero-order chi connectivity index (χ0) is 12.3. The second-order valence-electron chi connectivity index (χ2n) is 4.64. The number of urea groups is 1. The standard InChI is InChI=1S/C11H20N2O3/c1-4-6(2)9(10(14)15)13-11(16)12-8-5-7(8)3/h6-9H,4-5H2,1-3H3,(H,14,15)(H2,12,13,16). The Balaban J connectivity index is 2.41. The van der Waals surface area contributed by atoms with Crippen LogP contribution in [0.15, 0.2) is 0 Å². The van der Waals surface area contributed by atoms with Crippen molar-refractivity contribution in [1.82, 2.24) is 10.6 Å². The van der Waals surface area contributed by atoms with E-state index < -0.39 is 12.0 Å². The van der Waals surface area contributed by atoms with Gasteiger partial charge in [-0.15, -0.1) is 0 Å². The third-order valence-corrected chi connectivity index (χ3v) is 3.19. The highest BCUT2D eigenvalue weighted by Crippen LogP contribution is 2.28. The van der Waals surface area contributed by atoms with E-state index in [4.69, 9.17) is 5.11 Å². The van der Waals surface area contributed by atoms with E-state index in [-0.39, 0.29) is 18.0 Å². The van der Waals surface area contributed by atoms with Crippen LogP contribution in [-0.2, 0) is 4.79 Å². The molecule has 1 saturated carbocycles. The van der Waals surface area contributed by atoms with E-state index in [0.29, 0.717) is 5.92 Å². The van der Waals surface area contributed by atoms with Crippen LogP contribution in [0, 0.1) is 11.8 Å². The molecular formula is C11H20N2O3. The molecule has 92 valence electrons. The summed E-state index contributed by atoms with van der Waals surface area (Å²) in [6, 6.07) is -0.965. The molecule has 0 aliphatic heterocycles. The second-order valence-corrected chi connectivity index (χ2v) is 4.64. The number of carbonyl (C=O) groups is 2. The van der Waals surface area contributed by atoms with Crippen molar-refractivity contribution in [2.24, 2.45) is 11.8 Å². The maximum atomic E-state index is 11.5. The highest BCUT2D eigenvalue weighted by atomic mass is 16.4. The fraction of sp³-hybridized carbons (Fsp3) is 0.818. The summed E-state index contributed by atoms with van der Waals surface area (Å²) in [5.41, 5.74) is 0. The number of nitrogens with one attached hydrogen (secondary N) is 2. The van der Waals surface area contributed by atoms with Gasteiger partial charge in [-0.2, -0.15) is 0 Å². The number of amides is 2. The number of carboxylic acid groups (broad SMARTS) is 1. The summed E-state index contributed by atoms with van der Waals surface area (Å²) in [5, 5.41) is 14.2. The molecule has 0 aromatic carbocycles. The van der Waals surface area contributed by atoms with Crippen LogP contribution in [0.2, 0.25) is 0 Å². The molecule has 0 aromatic rings. The Hall–Kier alpha value is -1.26. The molecule has 1 rings (SSSR count). The second kappa shape index (κ2) is 5.18. The van der Waals surface area contributed by atoms with Gasteiger partial charge in [0, 0.05) is 6.04 Å². The lowest BCUT2D eigenvalue weighted by Gasteiger charge is -2.20. The van der Waals surface area contributed by atoms with Crippen LogP contribution < -0.4 is 10.6 Å². The molecule has 5 heteroatoms. The van der Waals surface area contributed by atoms with Crippen molar-refractivity contribution in [2.45, 2.75) is 45.7 Å². The average molecular weight is 228 g/mol. The fourth-order valence-electron chi connectivity index (χ4n) is 1.56. The summed E-state index contributed by atoms with van der Waals surface area (Å²) in [5.74, 6) is -0.536. The topological polar surface area (TPSA) is 78.4 Å². The Morgan fingerprint density at radius 2 is 2.06 bits per heavy atom. The molecule has 5 nitrogen and oxygen atoms in total. The van der Waals surface area contributed by atoms with Gasteiger partial charge in [-0.3, -0.25) is 0 Å². The van der Waals surface area contributed by atoms with Crippen LogP contribution in [0.1, 0.15) is 33.6 Å². The largest absolute Gasteiger partial charge is 0.480 e. The Morgan fingerprint density at radius 3 is 2.44 bits per heavy atom. The van der Waals surface area contributed by atoms with Gasteiger partial charge in [-0.1, -0.05) is 27.2 Å². The first-order valence-electron chi connectivity index (χ1n) is 5.75. The van der Waals surface area contributed by atoms with E-state index in [1.54, 1.807) is 0 Å². The number of rotatable bonds is 5. The molecule has 0 spiro atoms. The van der Waals surface area contributed by atoms with E-state index >= 15 is 0 Å². The monoisotopic (exact) mass is 228 g/mol. The number of aliphatic carboxylic acids is 1. The molecule has 1 aliphatic rings. The van der Waals surface area contributed by atoms with Crippen molar-refractivity contribution in [3.05, 3.63) is 0 Å². The summed E-state index contributed by atoms with van der Waals surface area (Å²) in [7, 11) is 0. The van der Waals surface area contributed by atoms with Crippen LogP contribution in [-0.4, -0.2) is 29.2 Å². The van der Waals surface area contributed by atoms with Crippen LogP contribution in [0.5, 0.6) is 0 Å². The molecule has 4 atom stereocenters. The Kier molecular flexibility index (Phi) is 4.15. The van der Waals surface area contributed by atoms with Crippen LogP contribution >= 0.6 is 0 Å². The van der Waals surface area contributed by atoms with Crippen molar-refractivity contribution in [3.8, 4) is 0 Å². The van der Waals surface area contributed by atoms with E-state index in [1.807, 2.05) is 20.8 Å². The van der Waals surface area contributed by atoms with Gasteiger partial charge in [0.2, 0.25) is 0 Å². The van der Waals surface area contributed by atoms with Gasteiger partial charge in [0.05, 0.1) is 0 Å². The van der Waals surface area contributed by atoms with Crippen molar-refractivity contribution in [2.75, 3.05) is 0 Å². The zero-order valence-corrected chi connectivity index (χ0v) is 9.99. The lowest BCUT2D eigenvalue weighted by Crippen LogP contribution is -2.49. The summed E-state index contributed by atoms with van der Waals surface area (Å²) >= 11 is 0. The van der Waals surface area contributed by atoms with Crippen LogP contribution in [0.3, 0.4) is 0 Å². The third-order valence-electron chi connectivity index (χ3n) is 3.19. The van der Waals surface area contributed by atoms with Gasteiger partial charge in [0.15, 0.2) is 0 Å².